The molecule has 0 saturated heterocycles. The zero-order valence-corrected chi connectivity index (χ0v) is 10.3. The van der Waals surface area contributed by atoms with Crippen LogP contribution in [0.4, 0.5) is 0 Å². The number of esters is 1. The molecule has 0 N–H and O–H groups in total. The zero-order valence-electron chi connectivity index (χ0n) is 7.33. The van der Waals surface area contributed by atoms with Gasteiger partial charge in [0, 0.05) is 8.47 Å². The van der Waals surface area contributed by atoms with Gasteiger partial charge in [-0.2, -0.15) is 0 Å². The maximum Gasteiger partial charge on any atom is 0.337 e. The maximum absolute atomic E-state index is 11.2. The van der Waals surface area contributed by atoms with Crippen molar-refractivity contribution in [1.82, 2.24) is 0 Å². The van der Waals surface area contributed by atoms with Crippen LogP contribution < -0.4 is 0 Å². The first kappa shape index (κ1) is 10.8. The van der Waals surface area contributed by atoms with Crippen molar-refractivity contribution in [2.45, 2.75) is 4.90 Å². The first-order valence-corrected chi connectivity index (χ1v) is 5.90. The van der Waals surface area contributed by atoms with Crippen LogP contribution in [0.5, 0.6) is 0 Å². The SMILES string of the molecule is COC(=O)c1cc(I)cc(SC)c1. The second kappa shape index (κ2) is 4.85. The molecule has 0 bridgehead atoms. The minimum Gasteiger partial charge on any atom is -0.465 e. The fraction of sp³-hybridized carbons (Fsp3) is 0.222. The fourth-order valence-electron chi connectivity index (χ4n) is 0.916. The first-order valence-electron chi connectivity index (χ1n) is 3.60. The molecule has 4 heteroatoms. The number of ether oxygens (including phenoxy) is 1. The third kappa shape index (κ3) is 2.87. The van der Waals surface area contributed by atoms with Gasteiger partial charge in [0.25, 0.3) is 0 Å². The number of hydrogen-bond donors (Lipinski definition) is 0. The molecular weight excluding hydrogens is 299 g/mol. The van der Waals surface area contributed by atoms with Crippen LogP contribution in [0, 0.1) is 3.57 Å². The predicted molar refractivity (Wildman–Crippen MR) is 62.3 cm³/mol. The van der Waals surface area contributed by atoms with Gasteiger partial charge >= 0.3 is 5.97 Å². The molecule has 0 aromatic heterocycles. The van der Waals surface area contributed by atoms with Crippen molar-refractivity contribution in [3.05, 3.63) is 27.3 Å². The molecule has 0 saturated carbocycles. The fourth-order valence-corrected chi connectivity index (χ4v) is 2.29. The number of thioether (sulfide) groups is 1. The highest BCUT2D eigenvalue weighted by Gasteiger charge is 2.06. The number of benzene rings is 1. The topological polar surface area (TPSA) is 26.3 Å². The molecule has 13 heavy (non-hydrogen) atoms. The summed E-state index contributed by atoms with van der Waals surface area (Å²) in [5.74, 6) is -0.284. The van der Waals surface area contributed by atoms with Gasteiger partial charge in [0.1, 0.15) is 0 Å². The highest BCUT2D eigenvalue weighted by Crippen LogP contribution is 2.20. The van der Waals surface area contributed by atoms with E-state index in [1.807, 2.05) is 24.5 Å². The average Bonchev–Trinajstić information content (AvgIpc) is 2.15. The van der Waals surface area contributed by atoms with E-state index in [9.17, 15) is 4.79 Å². The lowest BCUT2D eigenvalue weighted by molar-refractivity contribution is 0.0600. The molecule has 1 rings (SSSR count). The van der Waals surface area contributed by atoms with Gasteiger partial charge in [-0.15, -0.1) is 11.8 Å². The van der Waals surface area contributed by atoms with Gasteiger partial charge in [-0.25, -0.2) is 4.79 Å². The average molecular weight is 308 g/mol. The molecule has 1 aromatic rings. The third-order valence-electron chi connectivity index (χ3n) is 1.53. The maximum atomic E-state index is 11.2. The molecule has 0 aliphatic heterocycles. The number of carbonyl (C=O) groups is 1. The van der Waals surface area contributed by atoms with Gasteiger partial charge < -0.3 is 4.74 Å². The van der Waals surface area contributed by atoms with Gasteiger partial charge in [-0.1, -0.05) is 0 Å². The Bertz CT molecular complexity index is 325. The number of halogens is 1. The van der Waals surface area contributed by atoms with Crippen molar-refractivity contribution >= 4 is 40.3 Å². The third-order valence-corrected chi connectivity index (χ3v) is 2.86. The van der Waals surface area contributed by atoms with Crippen LogP contribution >= 0.6 is 34.4 Å². The van der Waals surface area contributed by atoms with E-state index in [2.05, 4.69) is 27.3 Å². The number of methoxy groups -OCH3 is 1. The van der Waals surface area contributed by atoms with E-state index in [1.165, 1.54) is 7.11 Å². The summed E-state index contributed by atoms with van der Waals surface area (Å²) in [5.41, 5.74) is 0.610. The van der Waals surface area contributed by atoms with E-state index in [0.717, 1.165) is 8.47 Å². The van der Waals surface area contributed by atoms with E-state index < -0.39 is 0 Å². The zero-order chi connectivity index (χ0) is 9.84. The van der Waals surface area contributed by atoms with E-state index in [4.69, 9.17) is 0 Å². The summed E-state index contributed by atoms with van der Waals surface area (Å²) < 4.78 is 5.69. The highest BCUT2D eigenvalue weighted by molar-refractivity contribution is 14.1. The summed E-state index contributed by atoms with van der Waals surface area (Å²) in [6.07, 6.45) is 1.98. The van der Waals surface area contributed by atoms with Gasteiger partial charge in [0.2, 0.25) is 0 Å². The van der Waals surface area contributed by atoms with Crippen LogP contribution in [0.3, 0.4) is 0 Å². The summed E-state index contributed by atoms with van der Waals surface area (Å²) in [6.45, 7) is 0. The van der Waals surface area contributed by atoms with Crippen LogP contribution in [-0.4, -0.2) is 19.3 Å². The Hall–Kier alpha value is -0.230. The van der Waals surface area contributed by atoms with Crippen LogP contribution in [0.2, 0.25) is 0 Å². The van der Waals surface area contributed by atoms with E-state index in [-0.39, 0.29) is 5.97 Å². The Morgan fingerprint density at radius 3 is 2.69 bits per heavy atom. The van der Waals surface area contributed by atoms with Crippen LogP contribution in [0.25, 0.3) is 0 Å². The second-order valence-corrected chi connectivity index (χ2v) is 4.50. The number of hydrogen-bond acceptors (Lipinski definition) is 3. The summed E-state index contributed by atoms with van der Waals surface area (Å²) in [6, 6.07) is 5.67. The molecule has 0 radical (unpaired) electrons. The van der Waals surface area contributed by atoms with Crippen molar-refractivity contribution in [2.24, 2.45) is 0 Å². The monoisotopic (exact) mass is 308 g/mol. The highest BCUT2D eigenvalue weighted by atomic mass is 127. The Morgan fingerprint density at radius 1 is 1.46 bits per heavy atom. The molecule has 0 amide bonds. The van der Waals surface area contributed by atoms with E-state index >= 15 is 0 Å². The molecule has 0 heterocycles. The molecule has 2 nitrogen and oxygen atoms in total. The van der Waals surface area contributed by atoms with Crippen molar-refractivity contribution < 1.29 is 9.53 Å². The Morgan fingerprint density at radius 2 is 2.15 bits per heavy atom. The summed E-state index contributed by atoms with van der Waals surface area (Å²) in [4.78, 5) is 12.3. The normalized spacial score (nSPS) is 9.77. The predicted octanol–water partition coefficient (Wildman–Crippen LogP) is 2.80. The largest absolute Gasteiger partial charge is 0.465 e. The van der Waals surface area contributed by atoms with Crippen LogP contribution in [0.15, 0.2) is 23.1 Å². The van der Waals surface area contributed by atoms with Crippen molar-refractivity contribution in [2.75, 3.05) is 13.4 Å². The lowest BCUT2D eigenvalue weighted by atomic mass is 10.2. The molecule has 0 unspecified atom stereocenters. The molecule has 70 valence electrons. The summed E-state index contributed by atoms with van der Waals surface area (Å²) in [5, 5.41) is 0. The molecular formula is C9H9IO2S. The second-order valence-electron chi connectivity index (χ2n) is 2.37. The summed E-state index contributed by atoms with van der Waals surface area (Å²) >= 11 is 3.80. The lowest BCUT2D eigenvalue weighted by Crippen LogP contribution is -2.01. The van der Waals surface area contributed by atoms with E-state index in [0.29, 0.717) is 5.56 Å². The van der Waals surface area contributed by atoms with Crippen molar-refractivity contribution in [1.29, 1.82) is 0 Å². The van der Waals surface area contributed by atoms with Gasteiger partial charge in [0.15, 0.2) is 0 Å². The first-order chi connectivity index (χ1) is 6.17. The van der Waals surface area contributed by atoms with Crippen LogP contribution in [0.1, 0.15) is 10.4 Å². The van der Waals surface area contributed by atoms with Crippen molar-refractivity contribution in [3.8, 4) is 0 Å². The van der Waals surface area contributed by atoms with E-state index in [1.54, 1.807) is 11.8 Å². The lowest BCUT2D eigenvalue weighted by Gasteiger charge is -2.02. The van der Waals surface area contributed by atoms with Gasteiger partial charge in [-0.3, -0.25) is 0 Å². The molecule has 0 spiro atoms. The molecule has 0 aliphatic rings. The molecule has 1 aromatic carbocycles. The minimum atomic E-state index is -0.284. The standard InChI is InChI=1S/C9H9IO2S/c1-12-9(11)6-3-7(10)5-8(4-6)13-2/h3-5H,1-2H3. The quantitative estimate of drug-likeness (QED) is 0.477. The van der Waals surface area contributed by atoms with Gasteiger partial charge in [0.05, 0.1) is 12.7 Å². The minimum absolute atomic E-state index is 0.284. The summed E-state index contributed by atoms with van der Waals surface area (Å²) in [7, 11) is 1.39. The Balaban J connectivity index is 3.08. The molecule has 0 fully saturated rings. The van der Waals surface area contributed by atoms with Crippen LogP contribution in [-0.2, 0) is 4.74 Å². The molecule has 0 aliphatic carbocycles. The Labute approximate surface area is 95.2 Å². The number of carbonyl (C=O) groups excluding carboxylic acids is 1. The number of rotatable bonds is 2. The van der Waals surface area contributed by atoms with Gasteiger partial charge in [-0.05, 0) is 47.0 Å². The van der Waals surface area contributed by atoms with Crippen molar-refractivity contribution in [3.63, 3.8) is 0 Å². The Kier molecular flexibility index (Phi) is 4.05. The molecule has 0 atom stereocenters. The smallest absolute Gasteiger partial charge is 0.337 e.